The molecule has 0 radical (unpaired) electrons. The molecule has 1 heterocycles. The summed E-state index contributed by atoms with van der Waals surface area (Å²) in [5, 5.41) is 0.737. The third-order valence-corrected chi connectivity index (χ3v) is 5.27. The quantitative estimate of drug-likeness (QED) is 0.742. The summed E-state index contributed by atoms with van der Waals surface area (Å²) < 4.78 is 6.42. The van der Waals surface area contributed by atoms with Crippen molar-refractivity contribution in [3.8, 4) is 5.75 Å². The highest BCUT2D eigenvalue weighted by molar-refractivity contribution is 6.30. The number of hydrogen-bond acceptors (Lipinski definition) is 2. The number of benzene rings is 1. The second kappa shape index (κ2) is 4.92. The third-order valence-electron chi connectivity index (χ3n) is 5.03. The second-order valence-corrected chi connectivity index (χ2v) is 7.73. The van der Waals surface area contributed by atoms with Crippen molar-refractivity contribution >= 4 is 11.6 Å². The average molecular weight is 294 g/mol. The standard InChI is InChI=1S/C17H24ClNO/c1-16(2)6-3-7-17(9-8-16)11-14(19)13-10-12(18)4-5-15(13)20-17/h4-5,10,14H,3,6-9,11,19H2,1-2H3/t14-,17?/m0/s1. The Morgan fingerprint density at radius 3 is 2.80 bits per heavy atom. The Morgan fingerprint density at radius 2 is 2.00 bits per heavy atom. The monoisotopic (exact) mass is 293 g/mol. The zero-order valence-electron chi connectivity index (χ0n) is 12.4. The summed E-state index contributed by atoms with van der Waals surface area (Å²) in [6.07, 6.45) is 6.85. The highest BCUT2D eigenvalue weighted by atomic mass is 35.5. The van der Waals surface area contributed by atoms with E-state index in [0.717, 1.165) is 35.6 Å². The summed E-state index contributed by atoms with van der Waals surface area (Å²) in [7, 11) is 0. The highest BCUT2D eigenvalue weighted by Crippen LogP contribution is 2.48. The van der Waals surface area contributed by atoms with Gasteiger partial charge in [0.05, 0.1) is 0 Å². The summed E-state index contributed by atoms with van der Waals surface area (Å²) in [6.45, 7) is 4.73. The molecule has 110 valence electrons. The predicted molar refractivity (Wildman–Crippen MR) is 83.2 cm³/mol. The molecule has 0 bridgehead atoms. The van der Waals surface area contributed by atoms with E-state index >= 15 is 0 Å². The lowest BCUT2D eigenvalue weighted by Gasteiger charge is -2.41. The van der Waals surface area contributed by atoms with Gasteiger partial charge in [0.25, 0.3) is 0 Å². The van der Waals surface area contributed by atoms with Gasteiger partial charge in [-0.25, -0.2) is 0 Å². The number of fused-ring (bicyclic) bond motifs is 1. The van der Waals surface area contributed by atoms with Crippen molar-refractivity contribution in [2.45, 2.75) is 64.0 Å². The first kappa shape index (κ1) is 14.2. The molecule has 0 saturated heterocycles. The molecule has 3 rings (SSSR count). The van der Waals surface area contributed by atoms with Gasteiger partial charge in [-0.3, -0.25) is 0 Å². The maximum absolute atomic E-state index is 6.42. The first-order valence-corrected chi connectivity index (χ1v) is 8.01. The van der Waals surface area contributed by atoms with Crippen molar-refractivity contribution < 1.29 is 4.74 Å². The molecule has 0 aromatic heterocycles. The number of halogens is 1. The van der Waals surface area contributed by atoms with Crippen molar-refractivity contribution in [2.24, 2.45) is 11.1 Å². The molecule has 20 heavy (non-hydrogen) atoms. The molecule has 1 aliphatic heterocycles. The van der Waals surface area contributed by atoms with Crippen molar-refractivity contribution in [3.63, 3.8) is 0 Å². The first-order chi connectivity index (χ1) is 9.39. The van der Waals surface area contributed by atoms with E-state index in [1.54, 1.807) is 0 Å². The Kier molecular flexibility index (Phi) is 3.50. The van der Waals surface area contributed by atoms with E-state index in [1.165, 1.54) is 19.3 Å². The highest BCUT2D eigenvalue weighted by Gasteiger charge is 2.42. The molecule has 2 N–H and O–H groups in total. The summed E-state index contributed by atoms with van der Waals surface area (Å²) in [5.41, 5.74) is 7.83. The fourth-order valence-electron chi connectivity index (χ4n) is 3.70. The van der Waals surface area contributed by atoms with Crippen LogP contribution in [-0.2, 0) is 0 Å². The van der Waals surface area contributed by atoms with Gasteiger partial charge in [0, 0.05) is 23.0 Å². The van der Waals surface area contributed by atoms with E-state index < -0.39 is 0 Å². The Labute approximate surface area is 126 Å². The van der Waals surface area contributed by atoms with Crippen LogP contribution in [0.15, 0.2) is 18.2 Å². The summed E-state index contributed by atoms with van der Waals surface area (Å²) in [4.78, 5) is 0. The number of hydrogen-bond donors (Lipinski definition) is 1. The van der Waals surface area contributed by atoms with Crippen LogP contribution in [-0.4, -0.2) is 5.60 Å². The van der Waals surface area contributed by atoms with Gasteiger partial charge in [-0.1, -0.05) is 25.4 Å². The lowest BCUT2D eigenvalue weighted by atomic mass is 9.80. The van der Waals surface area contributed by atoms with Crippen LogP contribution in [0.1, 0.15) is 64.0 Å². The van der Waals surface area contributed by atoms with Crippen LogP contribution in [0.2, 0.25) is 5.02 Å². The zero-order chi connectivity index (χ0) is 14.4. The fraction of sp³-hybridized carbons (Fsp3) is 0.647. The number of rotatable bonds is 0. The van der Waals surface area contributed by atoms with Gasteiger partial charge in [-0.05, 0) is 55.7 Å². The Hall–Kier alpha value is -0.730. The number of nitrogens with two attached hydrogens (primary N) is 1. The molecule has 1 aromatic carbocycles. The molecule has 2 aliphatic rings. The van der Waals surface area contributed by atoms with Crippen LogP contribution in [0.3, 0.4) is 0 Å². The van der Waals surface area contributed by atoms with E-state index in [1.807, 2.05) is 18.2 Å². The van der Waals surface area contributed by atoms with E-state index in [0.29, 0.717) is 5.41 Å². The molecule has 2 nitrogen and oxygen atoms in total. The summed E-state index contributed by atoms with van der Waals surface area (Å²) >= 11 is 6.07. The molecule has 1 saturated carbocycles. The molecule has 1 spiro atoms. The molecule has 1 aromatic rings. The van der Waals surface area contributed by atoms with Crippen molar-refractivity contribution in [3.05, 3.63) is 28.8 Å². The van der Waals surface area contributed by atoms with E-state index in [-0.39, 0.29) is 11.6 Å². The zero-order valence-corrected chi connectivity index (χ0v) is 13.2. The minimum absolute atomic E-state index is 0.0404. The van der Waals surface area contributed by atoms with Crippen molar-refractivity contribution in [2.75, 3.05) is 0 Å². The van der Waals surface area contributed by atoms with Gasteiger partial charge in [-0.15, -0.1) is 0 Å². The Balaban J connectivity index is 1.88. The smallest absolute Gasteiger partial charge is 0.125 e. The maximum atomic E-state index is 6.42. The van der Waals surface area contributed by atoms with E-state index in [9.17, 15) is 0 Å². The molecule has 1 aliphatic carbocycles. The van der Waals surface area contributed by atoms with Crippen molar-refractivity contribution in [1.82, 2.24) is 0 Å². The largest absolute Gasteiger partial charge is 0.487 e. The summed E-state index contributed by atoms with van der Waals surface area (Å²) in [6, 6.07) is 5.87. The van der Waals surface area contributed by atoms with Gasteiger partial charge in [0.2, 0.25) is 0 Å². The molecule has 3 heteroatoms. The second-order valence-electron chi connectivity index (χ2n) is 7.30. The molecular formula is C17H24ClNO. The maximum Gasteiger partial charge on any atom is 0.125 e. The first-order valence-electron chi connectivity index (χ1n) is 7.63. The fourth-order valence-corrected chi connectivity index (χ4v) is 3.88. The molecule has 2 atom stereocenters. The van der Waals surface area contributed by atoms with Gasteiger partial charge < -0.3 is 10.5 Å². The van der Waals surface area contributed by atoms with Gasteiger partial charge in [0.1, 0.15) is 11.4 Å². The molecule has 0 amide bonds. The molecular weight excluding hydrogens is 270 g/mol. The van der Waals surface area contributed by atoms with Crippen LogP contribution in [0, 0.1) is 5.41 Å². The molecule has 1 unspecified atom stereocenters. The van der Waals surface area contributed by atoms with Crippen LogP contribution in [0.25, 0.3) is 0 Å². The van der Waals surface area contributed by atoms with Gasteiger partial charge in [0.15, 0.2) is 0 Å². The Bertz CT molecular complexity index is 514. The van der Waals surface area contributed by atoms with Crippen molar-refractivity contribution in [1.29, 1.82) is 0 Å². The topological polar surface area (TPSA) is 35.2 Å². The van der Waals surface area contributed by atoms with Gasteiger partial charge in [-0.2, -0.15) is 0 Å². The van der Waals surface area contributed by atoms with Gasteiger partial charge >= 0.3 is 0 Å². The lowest BCUT2D eigenvalue weighted by Crippen LogP contribution is -2.42. The predicted octanol–water partition coefficient (Wildman–Crippen LogP) is 4.85. The third kappa shape index (κ3) is 2.68. The molecule has 1 fully saturated rings. The van der Waals surface area contributed by atoms with Crippen LogP contribution < -0.4 is 10.5 Å². The normalized spacial score (nSPS) is 32.3. The number of ether oxygens (including phenoxy) is 1. The average Bonchev–Trinajstić information content (AvgIpc) is 2.51. The minimum atomic E-state index is -0.0615. The lowest BCUT2D eigenvalue weighted by molar-refractivity contribution is 0.0189. The van der Waals surface area contributed by atoms with Crippen LogP contribution in [0.5, 0.6) is 5.75 Å². The SMILES string of the molecule is CC1(C)CCCC2(CC1)C[C@H](N)c1cc(Cl)ccc1O2. The van der Waals surface area contributed by atoms with E-state index in [4.69, 9.17) is 22.1 Å². The van der Waals surface area contributed by atoms with E-state index in [2.05, 4.69) is 13.8 Å². The Morgan fingerprint density at radius 1 is 1.20 bits per heavy atom. The minimum Gasteiger partial charge on any atom is -0.487 e. The van der Waals surface area contributed by atoms with Crippen LogP contribution >= 0.6 is 11.6 Å². The summed E-state index contributed by atoms with van der Waals surface area (Å²) in [5.74, 6) is 0.938. The van der Waals surface area contributed by atoms with Crippen LogP contribution in [0.4, 0.5) is 0 Å².